The Hall–Kier alpha value is -1.69. The number of nitrogens with one attached hydrogen (secondary N) is 1. The van der Waals surface area contributed by atoms with Gasteiger partial charge in [-0.2, -0.15) is 0 Å². The van der Waals surface area contributed by atoms with Crippen LogP contribution >= 0.6 is 11.8 Å². The van der Waals surface area contributed by atoms with Crippen LogP contribution in [0, 0.1) is 0 Å². The fourth-order valence-corrected chi connectivity index (χ4v) is 2.50. The maximum absolute atomic E-state index is 11.6. The standard InChI is InChI=1S/C11H14N4OS/c1-7(2)15-10(16)13-14-11(15)17-9-6-4-3-5-8(9)12/h3-7H,12H2,1-2H3,(H,13,16). The number of nitrogen functional groups attached to an aromatic ring is 1. The number of H-pyrrole nitrogens is 1. The predicted octanol–water partition coefficient (Wildman–Crippen LogP) is 1.89. The third kappa shape index (κ3) is 2.36. The Morgan fingerprint density at radius 1 is 1.41 bits per heavy atom. The van der Waals surface area contributed by atoms with Crippen LogP contribution in [0.5, 0.6) is 0 Å². The summed E-state index contributed by atoms with van der Waals surface area (Å²) >= 11 is 1.39. The summed E-state index contributed by atoms with van der Waals surface area (Å²) in [4.78, 5) is 12.5. The monoisotopic (exact) mass is 250 g/mol. The molecule has 0 aliphatic carbocycles. The number of aromatic nitrogens is 3. The van der Waals surface area contributed by atoms with Crippen molar-refractivity contribution in [1.29, 1.82) is 0 Å². The van der Waals surface area contributed by atoms with Crippen LogP contribution in [0.2, 0.25) is 0 Å². The van der Waals surface area contributed by atoms with Gasteiger partial charge in [-0.05, 0) is 37.7 Å². The average molecular weight is 250 g/mol. The Kier molecular flexibility index (Phi) is 3.23. The van der Waals surface area contributed by atoms with Crippen LogP contribution < -0.4 is 11.4 Å². The maximum Gasteiger partial charge on any atom is 0.344 e. The Morgan fingerprint density at radius 3 is 2.76 bits per heavy atom. The molecule has 0 saturated carbocycles. The molecule has 0 spiro atoms. The number of rotatable bonds is 3. The van der Waals surface area contributed by atoms with E-state index in [9.17, 15) is 4.79 Å². The average Bonchev–Trinajstić information content (AvgIpc) is 2.63. The van der Waals surface area contributed by atoms with Gasteiger partial charge in [0, 0.05) is 16.6 Å². The maximum atomic E-state index is 11.6. The molecule has 0 radical (unpaired) electrons. The quantitative estimate of drug-likeness (QED) is 0.815. The summed E-state index contributed by atoms with van der Waals surface area (Å²) in [5.41, 5.74) is 6.34. The Balaban J connectivity index is 2.37. The van der Waals surface area contributed by atoms with Crippen LogP contribution in [0.1, 0.15) is 19.9 Å². The molecule has 0 fully saturated rings. The van der Waals surface area contributed by atoms with Crippen LogP contribution in [-0.2, 0) is 0 Å². The van der Waals surface area contributed by atoms with Crippen LogP contribution in [0.4, 0.5) is 5.69 Å². The van der Waals surface area contributed by atoms with Gasteiger partial charge in [-0.1, -0.05) is 12.1 Å². The van der Waals surface area contributed by atoms with Crippen LogP contribution in [-0.4, -0.2) is 14.8 Å². The van der Waals surface area contributed by atoms with Crippen LogP contribution in [0.3, 0.4) is 0 Å². The van der Waals surface area contributed by atoms with Crippen molar-refractivity contribution in [2.75, 3.05) is 5.73 Å². The van der Waals surface area contributed by atoms with Crippen molar-refractivity contribution in [2.24, 2.45) is 0 Å². The Morgan fingerprint density at radius 2 is 2.12 bits per heavy atom. The first-order chi connectivity index (χ1) is 8.09. The highest BCUT2D eigenvalue weighted by atomic mass is 32.2. The van der Waals surface area contributed by atoms with Crippen molar-refractivity contribution in [1.82, 2.24) is 14.8 Å². The van der Waals surface area contributed by atoms with Crippen molar-refractivity contribution in [3.63, 3.8) is 0 Å². The summed E-state index contributed by atoms with van der Waals surface area (Å²) in [6.07, 6.45) is 0. The molecule has 2 aromatic rings. The van der Waals surface area contributed by atoms with Gasteiger partial charge in [-0.15, -0.1) is 5.10 Å². The molecular formula is C11H14N4OS. The van der Waals surface area contributed by atoms with E-state index >= 15 is 0 Å². The van der Waals surface area contributed by atoms with Gasteiger partial charge in [0.15, 0.2) is 5.16 Å². The van der Waals surface area contributed by atoms with E-state index in [4.69, 9.17) is 5.73 Å². The lowest BCUT2D eigenvalue weighted by atomic mass is 10.3. The minimum absolute atomic E-state index is 0.0636. The molecule has 1 aromatic heterocycles. The van der Waals surface area contributed by atoms with Gasteiger partial charge in [0.1, 0.15) is 0 Å². The van der Waals surface area contributed by atoms with E-state index in [-0.39, 0.29) is 11.7 Å². The molecule has 0 aliphatic rings. The number of hydrogen-bond donors (Lipinski definition) is 2. The highest BCUT2D eigenvalue weighted by molar-refractivity contribution is 7.99. The van der Waals surface area contributed by atoms with Crippen LogP contribution in [0.25, 0.3) is 0 Å². The smallest absolute Gasteiger partial charge is 0.344 e. The minimum Gasteiger partial charge on any atom is -0.398 e. The van der Waals surface area contributed by atoms with Crippen molar-refractivity contribution in [3.8, 4) is 0 Å². The second-order valence-electron chi connectivity index (χ2n) is 3.91. The van der Waals surface area contributed by atoms with Crippen molar-refractivity contribution in [3.05, 3.63) is 34.7 Å². The third-order valence-corrected chi connectivity index (χ3v) is 3.37. The van der Waals surface area contributed by atoms with E-state index in [1.165, 1.54) is 11.8 Å². The van der Waals surface area contributed by atoms with E-state index in [1.807, 2.05) is 38.1 Å². The summed E-state index contributed by atoms with van der Waals surface area (Å²) in [7, 11) is 0. The van der Waals surface area contributed by atoms with Gasteiger partial charge in [0.05, 0.1) is 0 Å². The summed E-state index contributed by atoms with van der Waals surface area (Å²) < 4.78 is 1.61. The SMILES string of the molecule is CC(C)n1c(Sc2ccccc2N)n[nH]c1=O. The summed E-state index contributed by atoms with van der Waals surface area (Å²) in [5.74, 6) is 0. The second-order valence-corrected chi connectivity index (χ2v) is 4.92. The van der Waals surface area contributed by atoms with Gasteiger partial charge < -0.3 is 5.73 Å². The van der Waals surface area contributed by atoms with E-state index in [1.54, 1.807) is 4.57 Å². The number of aromatic amines is 1. The first-order valence-corrected chi connectivity index (χ1v) is 6.10. The van der Waals surface area contributed by atoms with Crippen molar-refractivity contribution < 1.29 is 0 Å². The largest absolute Gasteiger partial charge is 0.398 e. The normalized spacial score (nSPS) is 11.0. The second kappa shape index (κ2) is 4.67. The molecule has 6 heteroatoms. The first-order valence-electron chi connectivity index (χ1n) is 5.29. The van der Waals surface area contributed by atoms with Gasteiger partial charge in [0.2, 0.25) is 0 Å². The molecule has 0 bridgehead atoms. The Bertz CT molecular complexity index is 573. The molecule has 0 aliphatic heterocycles. The highest BCUT2D eigenvalue weighted by Gasteiger charge is 2.13. The summed E-state index contributed by atoms with van der Waals surface area (Å²) in [5, 5.41) is 7.09. The molecule has 1 heterocycles. The molecule has 3 N–H and O–H groups in total. The minimum atomic E-state index is -0.197. The predicted molar refractivity (Wildman–Crippen MR) is 68.2 cm³/mol. The van der Waals surface area contributed by atoms with Gasteiger partial charge >= 0.3 is 5.69 Å². The summed E-state index contributed by atoms with van der Waals surface area (Å²) in [6.45, 7) is 3.88. The van der Waals surface area contributed by atoms with E-state index < -0.39 is 0 Å². The fourth-order valence-electron chi connectivity index (χ4n) is 1.49. The zero-order valence-electron chi connectivity index (χ0n) is 9.68. The lowest BCUT2D eigenvalue weighted by Crippen LogP contribution is -2.19. The number of hydrogen-bond acceptors (Lipinski definition) is 4. The van der Waals surface area contributed by atoms with Gasteiger partial charge in [-0.25, -0.2) is 9.89 Å². The molecule has 0 unspecified atom stereocenters. The Labute approximate surface area is 103 Å². The molecule has 5 nitrogen and oxygen atoms in total. The molecule has 90 valence electrons. The fraction of sp³-hybridized carbons (Fsp3) is 0.273. The van der Waals surface area contributed by atoms with Crippen molar-refractivity contribution >= 4 is 17.4 Å². The molecule has 2 rings (SSSR count). The molecule has 0 amide bonds. The van der Waals surface area contributed by atoms with E-state index in [0.29, 0.717) is 10.8 Å². The van der Waals surface area contributed by atoms with Crippen LogP contribution in [0.15, 0.2) is 39.1 Å². The zero-order valence-corrected chi connectivity index (χ0v) is 10.5. The highest BCUT2D eigenvalue weighted by Crippen LogP contribution is 2.30. The molecule has 17 heavy (non-hydrogen) atoms. The zero-order chi connectivity index (χ0) is 12.4. The van der Waals surface area contributed by atoms with E-state index in [2.05, 4.69) is 10.2 Å². The lowest BCUT2D eigenvalue weighted by molar-refractivity contribution is 0.534. The lowest BCUT2D eigenvalue weighted by Gasteiger charge is -2.09. The molecule has 1 aromatic carbocycles. The molecule has 0 atom stereocenters. The van der Waals surface area contributed by atoms with Gasteiger partial charge in [-0.3, -0.25) is 4.57 Å². The van der Waals surface area contributed by atoms with E-state index in [0.717, 1.165) is 4.90 Å². The molecule has 0 saturated heterocycles. The number of para-hydroxylation sites is 1. The first kappa shape index (κ1) is 11.8. The number of nitrogens with zero attached hydrogens (tertiary/aromatic N) is 2. The summed E-state index contributed by atoms with van der Waals surface area (Å²) in [6, 6.07) is 7.58. The topological polar surface area (TPSA) is 76.7 Å². The third-order valence-electron chi connectivity index (χ3n) is 2.31. The van der Waals surface area contributed by atoms with Gasteiger partial charge in [0.25, 0.3) is 0 Å². The number of benzene rings is 1. The number of anilines is 1. The van der Waals surface area contributed by atoms with Crippen molar-refractivity contribution in [2.45, 2.75) is 29.9 Å². The number of nitrogens with two attached hydrogens (primary N) is 1. The molecular weight excluding hydrogens is 236 g/mol.